The van der Waals surface area contributed by atoms with E-state index < -0.39 is 16.2 Å². The van der Waals surface area contributed by atoms with E-state index in [2.05, 4.69) is 9.97 Å². The summed E-state index contributed by atoms with van der Waals surface area (Å²) in [7, 11) is -1.48. The summed E-state index contributed by atoms with van der Waals surface area (Å²) < 4.78 is 11.5. The van der Waals surface area contributed by atoms with Gasteiger partial charge in [-0.1, -0.05) is 12.1 Å². The van der Waals surface area contributed by atoms with E-state index in [4.69, 9.17) is 5.11 Å². The maximum atomic E-state index is 11.5. The van der Waals surface area contributed by atoms with Gasteiger partial charge in [0.2, 0.25) is 0 Å². The fourth-order valence-corrected chi connectivity index (χ4v) is 1.91. The topological polar surface area (TPSA) is 66.0 Å². The number of imidazole rings is 1. The highest BCUT2D eigenvalue weighted by Gasteiger charge is 2.13. The maximum Gasteiger partial charge on any atom is 0.200 e. The van der Waals surface area contributed by atoms with E-state index in [9.17, 15) is 4.21 Å². The van der Waals surface area contributed by atoms with E-state index in [1.54, 1.807) is 0 Å². The van der Waals surface area contributed by atoms with Gasteiger partial charge in [-0.15, -0.1) is 0 Å². The van der Waals surface area contributed by atoms with Crippen molar-refractivity contribution in [2.45, 2.75) is 17.5 Å². The van der Waals surface area contributed by atoms with Crippen LogP contribution in [0, 0.1) is 0 Å². The zero-order valence-corrected chi connectivity index (χ0v) is 8.41. The Bertz CT molecular complexity index is 445. The van der Waals surface area contributed by atoms with Gasteiger partial charge in [0.1, 0.15) is 16.2 Å². The molecule has 0 bridgehead atoms. The Balaban J connectivity index is 2.50. The molecule has 2 rings (SSSR count). The molecule has 74 valence electrons. The van der Waals surface area contributed by atoms with Gasteiger partial charge in [-0.3, -0.25) is 0 Å². The van der Waals surface area contributed by atoms with E-state index in [-0.39, 0.29) is 0 Å². The van der Waals surface area contributed by atoms with Crippen LogP contribution >= 0.6 is 0 Å². The first-order chi connectivity index (χ1) is 6.68. The molecule has 0 spiro atoms. The van der Waals surface area contributed by atoms with Gasteiger partial charge in [0.25, 0.3) is 0 Å². The summed E-state index contributed by atoms with van der Waals surface area (Å²) in [4.78, 5) is 7.02. The second-order valence-corrected chi connectivity index (χ2v) is 4.62. The Morgan fingerprint density at radius 1 is 1.50 bits per heavy atom. The number of para-hydroxylation sites is 2. The number of hydrogen-bond acceptors (Lipinski definition) is 3. The molecule has 2 atom stereocenters. The Kier molecular flexibility index (Phi) is 2.35. The zero-order valence-electron chi connectivity index (χ0n) is 7.60. The Labute approximate surface area is 83.4 Å². The van der Waals surface area contributed by atoms with Crippen LogP contribution < -0.4 is 0 Å². The predicted molar refractivity (Wildman–Crippen MR) is 54.2 cm³/mol. The summed E-state index contributed by atoms with van der Waals surface area (Å²) in [5.41, 5.74) is 0.684. The highest BCUT2D eigenvalue weighted by molar-refractivity contribution is 7.85. The Morgan fingerprint density at radius 2 is 2.21 bits per heavy atom. The smallest absolute Gasteiger partial charge is 0.200 e. The van der Waals surface area contributed by atoms with E-state index >= 15 is 0 Å². The lowest BCUT2D eigenvalue weighted by Gasteiger charge is -1.98. The quantitative estimate of drug-likeness (QED) is 0.777. The molecule has 14 heavy (non-hydrogen) atoms. The number of H-pyrrole nitrogens is 1. The van der Waals surface area contributed by atoms with Gasteiger partial charge in [0, 0.05) is 0 Å². The molecule has 2 unspecified atom stereocenters. The first kappa shape index (κ1) is 9.36. The lowest BCUT2D eigenvalue weighted by Crippen LogP contribution is -2.10. The minimum absolute atomic E-state index is 0.321. The zero-order chi connectivity index (χ0) is 10.1. The number of benzene rings is 1. The van der Waals surface area contributed by atoms with Crippen LogP contribution in [0.25, 0.3) is 11.0 Å². The summed E-state index contributed by atoms with van der Waals surface area (Å²) in [6.45, 7) is 1.48. The van der Waals surface area contributed by atoms with E-state index in [0.29, 0.717) is 5.16 Å². The molecule has 0 saturated heterocycles. The lowest BCUT2D eigenvalue weighted by molar-refractivity contribution is 0.276. The number of aliphatic hydroxyl groups is 1. The van der Waals surface area contributed by atoms with Crippen molar-refractivity contribution in [3.8, 4) is 0 Å². The summed E-state index contributed by atoms with van der Waals surface area (Å²) >= 11 is 0. The first-order valence-electron chi connectivity index (χ1n) is 4.22. The summed E-state index contributed by atoms with van der Waals surface area (Å²) in [5, 5.41) is 9.46. The number of nitrogens with one attached hydrogen (secondary N) is 1. The third-order valence-corrected chi connectivity index (χ3v) is 3.06. The first-order valence-corrected chi connectivity index (χ1v) is 5.43. The van der Waals surface area contributed by atoms with E-state index in [1.165, 1.54) is 6.92 Å². The van der Waals surface area contributed by atoms with Crippen LogP contribution in [-0.2, 0) is 10.8 Å². The highest BCUT2D eigenvalue weighted by atomic mass is 32.2. The van der Waals surface area contributed by atoms with Crippen molar-refractivity contribution in [1.29, 1.82) is 0 Å². The molecule has 1 heterocycles. The van der Waals surface area contributed by atoms with Crippen LogP contribution in [0.4, 0.5) is 0 Å². The molecule has 2 N–H and O–H groups in total. The molecular weight excluding hydrogens is 200 g/mol. The van der Waals surface area contributed by atoms with Gasteiger partial charge < -0.3 is 10.1 Å². The molecule has 0 saturated carbocycles. The second kappa shape index (κ2) is 3.51. The van der Waals surface area contributed by atoms with Crippen molar-refractivity contribution in [3.63, 3.8) is 0 Å². The SMILES string of the molecule is CC(O)S(=O)c1nc2ccccc2[nH]1. The number of nitrogens with zero attached hydrogens (tertiary/aromatic N) is 1. The fraction of sp³-hybridized carbons (Fsp3) is 0.222. The standard InChI is InChI=1S/C9H10N2O2S/c1-6(12)14(13)9-10-7-4-2-3-5-8(7)11-9/h2-6,12H,1H3,(H,10,11). The van der Waals surface area contributed by atoms with Crippen LogP contribution in [0.15, 0.2) is 29.4 Å². The Hall–Kier alpha value is -1.20. The van der Waals surface area contributed by atoms with Gasteiger partial charge in [0.15, 0.2) is 5.16 Å². The molecular formula is C9H10N2O2S. The minimum Gasteiger partial charge on any atom is -0.380 e. The second-order valence-electron chi connectivity index (χ2n) is 2.96. The molecule has 5 heteroatoms. The van der Waals surface area contributed by atoms with Crippen LogP contribution in [0.2, 0.25) is 0 Å². The van der Waals surface area contributed by atoms with E-state index in [1.807, 2.05) is 24.3 Å². The van der Waals surface area contributed by atoms with Crippen molar-refractivity contribution >= 4 is 21.8 Å². The third kappa shape index (κ3) is 1.56. The van der Waals surface area contributed by atoms with E-state index in [0.717, 1.165) is 11.0 Å². The largest absolute Gasteiger partial charge is 0.380 e. The molecule has 4 nitrogen and oxygen atoms in total. The number of aliphatic hydroxyl groups excluding tert-OH is 1. The van der Waals surface area contributed by atoms with Gasteiger partial charge in [-0.25, -0.2) is 9.19 Å². The van der Waals surface area contributed by atoms with Gasteiger partial charge in [-0.05, 0) is 19.1 Å². The maximum absolute atomic E-state index is 11.5. The molecule has 1 aromatic carbocycles. The van der Waals surface area contributed by atoms with Crippen molar-refractivity contribution in [1.82, 2.24) is 9.97 Å². The number of fused-ring (bicyclic) bond motifs is 1. The number of aromatic nitrogens is 2. The average molecular weight is 210 g/mol. The molecule has 0 aliphatic carbocycles. The lowest BCUT2D eigenvalue weighted by atomic mass is 10.3. The Morgan fingerprint density at radius 3 is 2.86 bits per heavy atom. The normalized spacial score (nSPS) is 15.6. The number of aromatic amines is 1. The molecule has 0 radical (unpaired) electrons. The molecule has 0 aliphatic rings. The van der Waals surface area contributed by atoms with Crippen LogP contribution in [0.3, 0.4) is 0 Å². The van der Waals surface area contributed by atoms with Gasteiger partial charge in [-0.2, -0.15) is 0 Å². The monoisotopic (exact) mass is 210 g/mol. The van der Waals surface area contributed by atoms with Gasteiger partial charge >= 0.3 is 0 Å². The van der Waals surface area contributed by atoms with Crippen molar-refractivity contribution in [3.05, 3.63) is 24.3 Å². The summed E-state index contributed by atoms with van der Waals surface area (Å²) in [6, 6.07) is 7.41. The van der Waals surface area contributed by atoms with Gasteiger partial charge in [0.05, 0.1) is 11.0 Å². The average Bonchev–Trinajstić information content (AvgIpc) is 2.59. The summed E-state index contributed by atoms with van der Waals surface area (Å²) in [5.74, 6) is 0. The van der Waals surface area contributed by atoms with Crippen molar-refractivity contribution in [2.75, 3.05) is 0 Å². The molecule has 0 aliphatic heterocycles. The van der Waals surface area contributed by atoms with Crippen LogP contribution in [-0.4, -0.2) is 24.7 Å². The minimum atomic E-state index is -1.48. The number of hydrogen-bond donors (Lipinski definition) is 2. The molecule has 0 fully saturated rings. The summed E-state index contributed by atoms with van der Waals surface area (Å²) in [6.07, 6.45) is 0. The van der Waals surface area contributed by atoms with Crippen molar-refractivity contribution < 1.29 is 9.32 Å². The third-order valence-electron chi connectivity index (χ3n) is 1.87. The van der Waals surface area contributed by atoms with Crippen LogP contribution in [0.1, 0.15) is 6.92 Å². The predicted octanol–water partition coefficient (Wildman–Crippen LogP) is 1.01. The molecule has 2 aromatic rings. The number of rotatable bonds is 2. The molecule has 0 amide bonds. The molecule has 1 aromatic heterocycles. The van der Waals surface area contributed by atoms with Crippen LogP contribution in [0.5, 0.6) is 0 Å². The fourth-order valence-electron chi connectivity index (χ4n) is 1.19. The van der Waals surface area contributed by atoms with Crippen molar-refractivity contribution in [2.24, 2.45) is 0 Å². The highest BCUT2D eigenvalue weighted by Crippen LogP contribution is 2.13.